The van der Waals surface area contributed by atoms with E-state index in [0.717, 1.165) is 51.5 Å². The van der Waals surface area contributed by atoms with Crippen LogP contribution in [-0.2, 0) is 9.59 Å². The molecule has 3 aliphatic heterocycles. The van der Waals surface area contributed by atoms with Crippen LogP contribution in [0.1, 0.15) is 33.1 Å². The molecule has 2 N–H and O–H groups in total. The summed E-state index contributed by atoms with van der Waals surface area (Å²) in [6, 6.07) is 1.85. The number of rotatable bonds is 4. The number of carbonyl (C=O) groups is 2. The van der Waals surface area contributed by atoms with Crippen LogP contribution in [0.4, 0.5) is 19.1 Å². The zero-order valence-electron chi connectivity index (χ0n) is 18.3. The average Bonchev–Trinajstić information content (AvgIpc) is 3.28. The van der Waals surface area contributed by atoms with Crippen LogP contribution >= 0.6 is 0 Å². The highest BCUT2D eigenvalue weighted by Gasteiger charge is 2.57. The van der Waals surface area contributed by atoms with Crippen LogP contribution in [0.3, 0.4) is 0 Å². The van der Waals surface area contributed by atoms with E-state index in [1.807, 2.05) is 6.07 Å². The van der Waals surface area contributed by atoms with Gasteiger partial charge in [0.05, 0.1) is 5.92 Å². The lowest BCUT2D eigenvalue weighted by atomic mass is 9.75. The maximum absolute atomic E-state index is 12.6. The van der Waals surface area contributed by atoms with Crippen molar-refractivity contribution in [3.05, 3.63) is 18.5 Å². The van der Waals surface area contributed by atoms with E-state index < -0.39 is 12.1 Å². The number of carbonyl (C=O) groups excluding carboxylic acids is 1. The lowest BCUT2D eigenvalue weighted by Gasteiger charge is -2.42. The van der Waals surface area contributed by atoms with Crippen molar-refractivity contribution in [1.29, 1.82) is 0 Å². The van der Waals surface area contributed by atoms with Gasteiger partial charge in [-0.3, -0.25) is 4.79 Å². The number of halogens is 3. The summed E-state index contributed by atoms with van der Waals surface area (Å²) in [4.78, 5) is 35.0. The van der Waals surface area contributed by atoms with Crippen molar-refractivity contribution in [2.45, 2.75) is 44.8 Å². The van der Waals surface area contributed by atoms with Crippen molar-refractivity contribution in [1.82, 2.24) is 20.2 Å². The third-order valence-electron chi connectivity index (χ3n) is 6.81. The molecule has 32 heavy (non-hydrogen) atoms. The van der Waals surface area contributed by atoms with Crippen LogP contribution in [0, 0.1) is 17.8 Å². The second kappa shape index (κ2) is 9.60. The molecule has 3 fully saturated rings. The normalized spacial score (nSPS) is 25.7. The molecule has 0 aromatic carbocycles. The minimum atomic E-state index is -5.08. The van der Waals surface area contributed by atoms with Gasteiger partial charge in [-0.05, 0) is 24.8 Å². The number of nitrogens with zero attached hydrogens (tertiary/aromatic N) is 4. The summed E-state index contributed by atoms with van der Waals surface area (Å²) in [6.07, 6.45) is 1.70. The Balaban J connectivity index is 0.000000360. The van der Waals surface area contributed by atoms with E-state index in [-0.39, 0.29) is 17.4 Å². The molecule has 3 aliphatic rings. The quantitative estimate of drug-likeness (QED) is 0.715. The van der Waals surface area contributed by atoms with Gasteiger partial charge in [0.2, 0.25) is 11.9 Å². The number of hydrogen-bond acceptors (Lipinski definition) is 6. The van der Waals surface area contributed by atoms with Gasteiger partial charge in [0.15, 0.2) is 0 Å². The molecule has 1 aromatic heterocycles. The molecule has 1 aromatic rings. The summed E-state index contributed by atoms with van der Waals surface area (Å²) in [5.74, 6) is -0.321. The summed E-state index contributed by atoms with van der Waals surface area (Å²) in [5, 5.41) is 10.5. The zero-order valence-corrected chi connectivity index (χ0v) is 18.3. The maximum Gasteiger partial charge on any atom is 0.490 e. The molecule has 0 radical (unpaired) electrons. The molecule has 4 heterocycles. The summed E-state index contributed by atoms with van der Waals surface area (Å²) in [7, 11) is 0. The van der Waals surface area contributed by atoms with E-state index in [1.165, 1.54) is 6.42 Å². The van der Waals surface area contributed by atoms with Crippen LogP contribution in [0.2, 0.25) is 0 Å². The lowest BCUT2D eigenvalue weighted by Crippen LogP contribution is -2.55. The number of amides is 1. The second-order valence-electron chi connectivity index (χ2n) is 8.93. The summed E-state index contributed by atoms with van der Waals surface area (Å²) < 4.78 is 31.7. The van der Waals surface area contributed by atoms with Crippen molar-refractivity contribution in [2.75, 3.05) is 37.6 Å². The van der Waals surface area contributed by atoms with Crippen LogP contribution in [0.5, 0.6) is 0 Å². The van der Waals surface area contributed by atoms with E-state index in [1.54, 1.807) is 12.4 Å². The molecule has 1 amide bonds. The Bertz CT molecular complexity index is 800. The van der Waals surface area contributed by atoms with Gasteiger partial charge >= 0.3 is 12.1 Å². The number of hydrogen-bond donors (Lipinski definition) is 2. The minimum absolute atomic E-state index is 0.0166. The first-order valence-electron chi connectivity index (χ1n) is 10.9. The molecule has 3 atom stereocenters. The number of alkyl halides is 3. The van der Waals surface area contributed by atoms with Crippen molar-refractivity contribution < 1.29 is 27.9 Å². The Morgan fingerprint density at radius 2 is 1.88 bits per heavy atom. The van der Waals surface area contributed by atoms with Gasteiger partial charge in [0, 0.05) is 56.6 Å². The van der Waals surface area contributed by atoms with Crippen molar-refractivity contribution in [2.24, 2.45) is 17.8 Å². The Kier molecular flexibility index (Phi) is 7.26. The number of nitrogens with one attached hydrogen (secondary N) is 1. The van der Waals surface area contributed by atoms with Crippen LogP contribution in [0.25, 0.3) is 0 Å². The second-order valence-corrected chi connectivity index (χ2v) is 8.93. The SMILES string of the molecule is CCC(C)CN1CC2C(=O)NC3(CCN(c4ncccn4)CC3)C2C1.O=C(O)C(F)(F)F. The highest BCUT2D eigenvalue weighted by Crippen LogP contribution is 2.44. The van der Waals surface area contributed by atoms with Gasteiger partial charge in [-0.25, -0.2) is 14.8 Å². The molecule has 11 heteroatoms. The summed E-state index contributed by atoms with van der Waals surface area (Å²) in [6.45, 7) is 9.51. The van der Waals surface area contributed by atoms with Gasteiger partial charge in [0.1, 0.15) is 0 Å². The molecule has 178 valence electrons. The van der Waals surface area contributed by atoms with Gasteiger partial charge in [-0.1, -0.05) is 20.3 Å². The Hall–Kier alpha value is -2.43. The van der Waals surface area contributed by atoms with Crippen LogP contribution < -0.4 is 10.2 Å². The predicted octanol–water partition coefficient (Wildman–Crippen LogP) is 2.17. The smallest absolute Gasteiger partial charge is 0.475 e. The first kappa shape index (κ1) is 24.2. The Labute approximate surface area is 185 Å². The minimum Gasteiger partial charge on any atom is -0.475 e. The van der Waals surface area contributed by atoms with E-state index in [2.05, 4.69) is 38.9 Å². The average molecular weight is 457 g/mol. The lowest BCUT2D eigenvalue weighted by molar-refractivity contribution is -0.192. The standard InChI is InChI=1S/C19H29N5O.C2HF3O2/c1-3-14(2)11-23-12-15-16(13-23)19(22-17(15)25)5-9-24(10-6-19)18-20-7-4-8-21-18;3-2(4,5)1(6)7/h4,7-8,14-16H,3,5-6,9-13H2,1-2H3,(H,22,25);(H,6,7). The number of fused-ring (bicyclic) bond motifs is 2. The molecular weight excluding hydrogens is 427 g/mol. The number of aliphatic carboxylic acids is 1. The fourth-order valence-corrected chi connectivity index (χ4v) is 4.92. The van der Waals surface area contributed by atoms with E-state index in [0.29, 0.717) is 11.8 Å². The first-order chi connectivity index (χ1) is 15.1. The van der Waals surface area contributed by atoms with Gasteiger partial charge in [0.25, 0.3) is 0 Å². The summed E-state index contributed by atoms with van der Waals surface area (Å²) >= 11 is 0. The Morgan fingerprint density at radius 3 is 2.41 bits per heavy atom. The Morgan fingerprint density at radius 1 is 1.28 bits per heavy atom. The molecule has 4 rings (SSSR count). The molecule has 0 bridgehead atoms. The molecule has 8 nitrogen and oxygen atoms in total. The van der Waals surface area contributed by atoms with Gasteiger partial charge in [-0.2, -0.15) is 13.2 Å². The number of aromatic nitrogens is 2. The predicted molar refractivity (Wildman–Crippen MR) is 111 cm³/mol. The topological polar surface area (TPSA) is 98.7 Å². The molecule has 3 unspecified atom stereocenters. The fraction of sp³-hybridized carbons (Fsp3) is 0.714. The molecule has 3 saturated heterocycles. The largest absolute Gasteiger partial charge is 0.490 e. The van der Waals surface area contributed by atoms with Crippen LogP contribution in [-0.4, -0.2) is 76.3 Å². The molecule has 0 aliphatic carbocycles. The number of carboxylic acid groups (broad SMARTS) is 1. The summed E-state index contributed by atoms with van der Waals surface area (Å²) in [5.41, 5.74) is -0.0166. The maximum atomic E-state index is 12.6. The van der Waals surface area contributed by atoms with Gasteiger partial charge in [-0.15, -0.1) is 0 Å². The van der Waals surface area contributed by atoms with Crippen molar-refractivity contribution in [3.63, 3.8) is 0 Å². The molecule has 0 saturated carbocycles. The third-order valence-corrected chi connectivity index (χ3v) is 6.81. The number of piperidine rings is 1. The van der Waals surface area contributed by atoms with Gasteiger partial charge < -0.3 is 20.2 Å². The zero-order chi connectivity index (χ0) is 23.5. The van der Waals surface area contributed by atoms with Crippen LogP contribution in [0.15, 0.2) is 18.5 Å². The van der Waals surface area contributed by atoms with Crippen molar-refractivity contribution >= 4 is 17.8 Å². The third kappa shape index (κ3) is 5.31. The van der Waals surface area contributed by atoms with Crippen molar-refractivity contribution in [3.8, 4) is 0 Å². The molecular formula is C21H30F3N5O3. The fourth-order valence-electron chi connectivity index (χ4n) is 4.92. The highest BCUT2D eigenvalue weighted by atomic mass is 19.4. The number of likely N-dealkylation sites (tertiary alicyclic amines) is 1. The number of carboxylic acids is 1. The number of anilines is 1. The van der Waals surface area contributed by atoms with E-state index in [9.17, 15) is 18.0 Å². The van der Waals surface area contributed by atoms with E-state index in [4.69, 9.17) is 9.90 Å². The van der Waals surface area contributed by atoms with E-state index >= 15 is 0 Å². The molecule has 1 spiro atoms. The highest BCUT2D eigenvalue weighted by molar-refractivity contribution is 5.83. The first-order valence-corrected chi connectivity index (χ1v) is 10.9. The monoisotopic (exact) mass is 457 g/mol.